The van der Waals surface area contributed by atoms with E-state index in [-0.39, 0.29) is 0 Å². The predicted octanol–water partition coefficient (Wildman–Crippen LogP) is 5.40. The highest BCUT2D eigenvalue weighted by atomic mass is 28.3. The molecule has 3 nitrogen and oxygen atoms in total. The molecule has 4 atom stereocenters. The van der Waals surface area contributed by atoms with Gasteiger partial charge in [-0.1, -0.05) is 87.1 Å². The average Bonchev–Trinajstić information content (AvgIpc) is 3.19. The molecule has 1 saturated heterocycles. The van der Waals surface area contributed by atoms with Crippen LogP contribution in [0.2, 0.25) is 18.6 Å². The maximum atomic E-state index is 3.54. The van der Waals surface area contributed by atoms with Crippen molar-refractivity contribution in [2.45, 2.75) is 38.4 Å². The van der Waals surface area contributed by atoms with Crippen molar-refractivity contribution in [2.75, 3.05) is 20.0 Å². The number of hydrogen-bond acceptors (Lipinski definition) is 3. The predicted molar refractivity (Wildman–Crippen MR) is 130 cm³/mol. The standard InChI is InChI=1S/C26H35N3Si/c1-4-19-15-25-23(22-12-7-10-20-9-5-6-11-21(20)22)13-8-14-24(25)26(19)30(2,3)29-17-27-16-28-18-29/h5-14,19,24-28H,4,15-18H2,1-3H3. The van der Waals surface area contributed by atoms with E-state index < -0.39 is 8.24 Å². The molecule has 2 aromatic carbocycles. The lowest BCUT2D eigenvalue weighted by Crippen LogP contribution is -2.63. The number of hydrogen-bond donors (Lipinski definition) is 2. The molecule has 1 saturated carbocycles. The lowest BCUT2D eigenvalue weighted by atomic mass is 9.80. The minimum absolute atomic E-state index is 0.647. The Morgan fingerprint density at radius 1 is 1.03 bits per heavy atom. The molecule has 0 aromatic heterocycles. The van der Waals surface area contributed by atoms with Gasteiger partial charge < -0.3 is 0 Å². The van der Waals surface area contributed by atoms with E-state index in [0.717, 1.165) is 31.5 Å². The fraction of sp³-hybridized carbons (Fsp3) is 0.462. The number of allylic oxidation sites excluding steroid dienone is 4. The molecule has 3 aliphatic rings. The average molecular weight is 418 g/mol. The van der Waals surface area contributed by atoms with Crippen LogP contribution in [0.4, 0.5) is 0 Å². The molecule has 0 radical (unpaired) electrons. The molecule has 2 fully saturated rings. The van der Waals surface area contributed by atoms with Crippen molar-refractivity contribution >= 4 is 24.6 Å². The Morgan fingerprint density at radius 2 is 1.80 bits per heavy atom. The summed E-state index contributed by atoms with van der Waals surface area (Å²) in [7, 11) is -1.62. The minimum atomic E-state index is -1.62. The van der Waals surface area contributed by atoms with Crippen molar-refractivity contribution in [3.05, 3.63) is 66.3 Å². The van der Waals surface area contributed by atoms with Gasteiger partial charge in [0.1, 0.15) is 8.24 Å². The topological polar surface area (TPSA) is 27.3 Å². The fourth-order valence-corrected chi connectivity index (χ4v) is 10.8. The molecule has 2 aromatic rings. The first-order valence-electron chi connectivity index (χ1n) is 11.6. The summed E-state index contributed by atoms with van der Waals surface area (Å²) in [5.41, 5.74) is 3.81. The third-order valence-electron chi connectivity index (χ3n) is 8.06. The molecule has 0 bridgehead atoms. The molecule has 30 heavy (non-hydrogen) atoms. The van der Waals surface area contributed by atoms with Crippen LogP contribution in [0.15, 0.2) is 60.7 Å². The van der Waals surface area contributed by atoms with Gasteiger partial charge in [0, 0.05) is 20.0 Å². The SMILES string of the molecule is CCC1CC2C(c3cccc4ccccc34)=CC=CC2C1[Si](C)(C)N1CNCNC1. The Kier molecular flexibility index (Phi) is 5.44. The normalized spacial score (nSPS) is 29.8. The largest absolute Gasteiger partial charge is 0.299 e. The zero-order chi connectivity index (χ0) is 20.7. The van der Waals surface area contributed by atoms with Gasteiger partial charge in [0.2, 0.25) is 0 Å². The summed E-state index contributed by atoms with van der Waals surface area (Å²) >= 11 is 0. The third-order valence-corrected chi connectivity index (χ3v) is 12.5. The quantitative estimate of drug-likeness (QED) is 0.653. The van der Waals surface area contributed by atoms with Gasteiger partial charge in [-0.15, -0.1) is 0 Å². The Bertz CT molecular complexity index is 968. The molecule has 0 spiro atoms. The number of benzene rings is 2. The van der Waals surface area contributed by atoms with Gasteiger partial charge in [0.25, 0.3) is 0 Å². The van der Waals surface area contributed by atoms with Gasteiger partial charge >= 0.3 is 0 Å². The maximum Gasteiger partial charge on any atom is 0.129 e. The van der Waals surface area contributed by atoms with Crippen LogP contribution >= 0.6 is 0 Å². The smallest absolute Gasteiger partial charge is 0.129 e. The van der Waals surface area contributed by atoms with Crippen LogP contribution in [0.25, 0.3) is 16.3 Å². The van der Waals surface area contributed by atoms with E-state index in [1.54, 1.807) is 5.57 Å². The van der Waals surface area contributed by atoms with Gasteiger partial charge in [-0.25, -0.2) is 0 Å². The van der Waals surface area contributed by atoms with Gasteiger partial charge in [-0.3, -0.25) is 15.2 Å². The van der Waals surface area contributed by atoms with E-state index in [1.165, 1.54) is 29.2 Å². The molecule has 2 N–H and O–H groups in total. The van der Waals surface area contributed by atoms with Crippen molar-refractivity contribution in [3.63, 3.8) is 0 Å². The van der Waals surface area contributed by atoms with Gasteiger partial charge in [0.05, 0.1) is 0 Å². The summed E-state index contributed by atoms with van der Waals surface area (Å²) in [5.74, 6) is 2.12. The van der Waals surface area contributed by atoms with E-state index in [1.807, 2.05) is 0 Å². The summed E-state index contributed by atoms with van der Waals surface area (Å²) in [6, 6.07) is 15.7. The Hall–Kier alpha value is -1.72. The summed E-state index contributed by atoms with van der Waals surface area (Å²) in [4.78, 5) is 0. The maximum absolute atomic E-state index is 3.54. The Morgan fingerprint density at radius 3 is 2.60 bits per heavy atom. The van der Waals surface area contributed by atoms with Crippen LogP contribution in [0.1, 0.15) is 25.3 Å². The van der Waals surface area contributed by atoms with Crippen molar-refractivity contribution in [1.29, 1.82) is 0 Å². The number of nitrogens with one attached hydrogen (secondary N) is 2. The van der Waals surface area contributed by atoms with Gasteiger partial charge in [0.15, 0.2) is 0 Å². The monoisotopic (exact) mass is 417 g/mol. The lowest BCUT2D eigenvalue weighted by molar-refractivity contribution is 0.278. The first kappa shape index (κ1) is 20.2. The molecule has 0 amide bonds. The Balaban J connectivity index is 1.52. The van der Waals surface area contributed by atoms with Crippen molar-refractivity contribution < 1.29 is 0 Å². The fourth-order valence-electron chi connectivity index (χ4n) is 6.57. The minimum Gasteiger partial charge on any atom is -0.299 e. The Labute approximate surface area is 182 Å². The summed E-state index contributed by atoms with van der Waals surface area (Å²) in [6.07, 6.45) is 9.95. The second kappa shape index (κ2) is 8.08. The van der Waals surface area contributed by atoms with E-state index in [0.29, 0.717) is 11.8 Å². The summed E-state index contributed by atoms with van der Waals surface area (Å²) in [6.45, 7) is 10.6. The summed E-state index contributed by atoms with van der Waals surface area (Å²) < 4.78 is 2.75. The zero-order valence-electron chi connectivity index (χ0n) is 18.6. The first-order chi connectivity index (χ1) is 14.6. The van der Waals surface area contributed by atoms with E-state index in [9.17, 15) is 0 Å². The highest BCUT2D eigenvalue weighted by Gasteiger charge is 2.53. The molecule has 1 heterocycles. The molecule has 4 heteroatoms. The molecular weight excluding hydrogens is 382 g/mol. The van der Waals surface area contributed by atoms with Crippen LogP contribution in [0.5, 0.6) is 0 Å². The zero-order valence-corrected chi connectivity index (χ0v) is 19.6. The van der Waals surface area contributed by atoms with E-state index in [2.05, 4.69) is 95.9 Å². The number of nitrogens with zero attached hydrogens (tertiary/aromatic N) is 1. The van der Waals surface area contributed by atoms with Gasteiger partial charge in [-0.2, -0.15) is 0 Å². The van der Waals surface area contributed by atoms with Crippen LogP contribution in [-0.4, -0.2) is 32.8 Å². The number of fused-ring (bicyclic) bond motifs is 2. The van der Waals surface area contributed by atoms with Crippen LogP contribution in [0.3, 0.4) is 0 Å². The van der Waals surface area contributed by atoms with Crippen molar-refractivity contribution in [2.24, 2.45) is 17.8 Å². The van der Waals surface area contributed by atoms with Crippen molar-refractivity contribution in [1.82, 2.24) is 15.2 Å². The first-order valence-corrected chi connectivity index (χ1v) is 14.7. The molecule has 4 unspecified atom stereocenters. The molecular formula is C26H35N3Si. The molecule has 5 rings (SSSR count). The van der Waals surface area contributed by atoms with Crippen LogP contribution in [-0.2, 0) is 0 Å². The van der Waals surface area contributed by atoms with Crippen LogP contribution < -0.4 is 10.6 Å². The van der Waals surface area contributed by atoms with E-state index >= 15 is 0 Å². The second-order valence-electron chi connectivity index (χ2n) is 9.83. The second-order valence-corrected chi connectivity index (χ2v) is 14.4. The van der Waals surface area contributed by atoms with Gasteiger partial charge in [-0.05, 0) is 51.6 Å². The van der Waals surface area contributed by atoms with Crippen molar-refractivity contribution in [3.8, 4) is 0 Å². The van der Waals surface area contributed by atoms with Crippen LogP contribution in [0, 0.1) is 17.8 Å². The number of rotatable bonds is 4. The highest BCUT2D eigenvalue weighted by Crippen LogP contribution is 2.58. The third kappa shape index (κ3) is 3.30. The molecule has 158 valence electrons. The molecule has 2 aliphatic carbocycles. The van der Waals surface area contributed by atoms with E-state index in [4.69, 9.17) is 0 Å². The lowest BCUT2D eigenvalue weighted by Gasteiger charge is -2.47. The molecule has 1 aliphatic heterocycles. The summed E-state index contributed by atoms with van der Waals surface area (Å²) in [5, 5.41) is 9.84. The highest BCUT2D eigenvalue weighted by molar-refractivity contribution is 6.76.